The molecule has 6 N–H and O–H groups in total. The summed E-state index contributed by atoms with van der Waals surface area (Å²) in [5, 5.41) is 25.1. The molecule has 0 bridgehead atoms. The van der Waals surface area contributed by atoms with Crippen molar-refractivity contribution in [2.75, 3.05) is 11.9 Å². The van der Waals surface area contributed by atoms with E-state index in [2.05, 4.69) is 10.6 Å². The minimum absolute atomic E-state index is 0. The number of hydrogen-bond acceptors (Lipinski definition) is 4. The number of primary amides is 1. The maximum atomic E-state index is 10.8. The first-order valence-corrected chi connectivity index (χ1v) is 6.01. The van der Waals surface area contributed by atoms with Crippen molar-refractivity contribution in [2.24, 2.45) is 5.73 Å². The van der Waals surface area contributed by atoms with Gasteiger partial charge in [0.25, 0.3) is 0 Å². The van der Waals surface area contributed by atoms with E-state index in [1.807, 2.05) is 20.8 Å². The van der Waals surface area contributed by atoms with Crippen LogP contribution in [0.4, 0.5) is 10.5 Å². The molecular weight excluding hydrogens is 282 g/mol. The van der Waals surface area contributed by atoms with E-state index in [-0.39, 0.29) is 29.4 Å². The quantitative estimate of drug-likeness (QED) is 0.546. The second kappa shape index (κ2) is 7.33. The Labute approximate surface area is 124 Å². The van der Waals surface area contributed by atoms with Gasteiger partial charge in [0.2, 0.25) is 0 Å². The average Bonchev–Trinajstić information content (AvgIpc) is 2.27. The van der Waals surface area contributed by atoms with Crippen LogP contribution < -0.4 is 16.4 Å². The number of amides is 2. The number of carbonyl (C=O) groups excluding carboxylic acids is 1. The normalized spacial score (nSPS) is 12.4. The van der Waals surface area contributed by atoms with Crippen molar-refractivity contribution in [1.82, 2.24) is 5.32 Å². The number of urea groups is 1. The van der Waals surface area contributed by atoms with Crippen molar-refractivity contribution in [1.29, 1.82) is 0 Å². The molecule has 1 atom stereocenters. The summed E-state index contributed by atoms with van der Waals surface area (Å²) in [6.07, 6.45) is -0.742. The standard InChI is InChI=1S/C13H21N3O3.ClH/c1-13(2,3)15-7-11(18)8-4-5-10(17)9(6-8)16-12(14)19;/h4-6,11,15,17-18H,7H2,1-3H3,(H3,14,16,19);1H. The molecule has 114 valence electrons. The second-order valence-corrected chi connectivity index (χ2v) is 5.41. The van der Waals surface area contributed by atoms with E-state index >= 15 is 0 Å². The lowest BCUT2D eigenvalue weighted by Crippen LogP contribution is -2.38. The van der Waals surface area contributed by atoms with Crippen LogP contribution in [-0.2, 0) is 0 Å². The van der Waals surface area contributed by atoms with Gasteiger partial charge in [-0.3, -0.25) is 0 Å². The van der Waals surface area contributed by atoms with E-state index in [0.717, 1.165) is 0 Å². The zero-order valence-electron chi connectivity index (χ0n) is 11.8. The van der Waals surface area contributed by atoms with E-state index in [1.54, 1.807) is 6.07 Å². The molecule has 0 fully saturated rings. The van der Waals surface area contributed by atoms with Gasteiger partial charge in [0.15, 0.2) is 0 Å². The predicted octanol–water partition coefficient (Wildman–Crippen LogP) is 1.73. The lowest BCUT2D eigenvalue weighted by atomic mass is 10.1. The van der Waals surface area contributed by atoms with Gasteiger partial charge in [0.05, 0.1) is 11.8 Å². The van der Waals surface area contributed by atoms with Gasteiger partial charge in [-0.15, -0.1) is 12.4 Å². The van der Waals surface area contributed by atoms with Gasteiger partial charge < -0.3 is 26.6 Å². The van der Waals surface area contributed by atoms with Crippen LogP contribution in [0.25, 0.3) is 0 Å². The van der Waals surface area contributed by atoms with Crippen molar-refractivity contribution in [3.8, 4) is 5.75 Å². The number of phenols is 1. The molecule has 0 radical (unpaired) electrons. The number of halogens is 1. The van der Waals surface area contributed by atoms with E-state index in [0.29, 0.717) is 12.1 Å². The molecule has 0 spiro atoms. The Morgan fingerprint density at radius 2 is 2.00 bits per heavy atom. The monoisotopic (exact) mass is 303 g/mol. The summed E-state index contributed by atoms with van der Waals surface area (Å²) >= 11 is 0. The molecule has 0 heterocycles. The molecule has 2 amide bonds. The van der Waals surface area contributed by atoms with Crippen molar-refractivity contribution in [3.05, 3.63) is 23.8 Å². The van der Waals surface area contributed by atoms with Crippen LogP contribution in [0, 0.1) is 0 Å². The molecule has 0 saturated heterocycles. The molecule has 7 heteroatoms. The largest absolute Gasteiger partial charge is 0.506 e. The Morgan fingerprint density at radius 3 is 2.50 bits per heavy atom. The van der Waals surface area contributed by atoms with E-state index in [9.17, 15) is 15.0 Å². The number of aliphatic hydroxyl groups excluding tert-OH is 1. The van der Waals surface area contributed by atoms with E-state index in [4.69, 9.17) is 5.73 Å². The maximum Gasteiger partial charge on any atom is 0.316 e. The van der Waals surface area contributed by atoms with Gasteiger partial charge in [-0.1, -0.05) is 6.07 Å². The fourth-order valence-corrected chi connectivity index (χ4v) is 1.51. The molecule has 1 unspecified atom stereocenters. The Kier molecular flexibility index (Phi) is 6.78. The first-order chi connectivity index (χ1) is 8.69. The van der Waals surface area contributed by atoms with Crippen LogP contribution >= 0.6 is 12.4 Å². The lowest BCUT2D eigenvalue weighted by molar-refractivity contribution is 0.163. The lowest BCUT2D eigenvalue weighted by Gasteiger charge is -2.23. The van der Waals surface area contributed by atoms with Gasteiger partial charge in [-0.2, -0.15) is 0 Å². The van der Waals surface area contributed by atoms with Gasteiger partial charge in [0, 0.05) is 12.1 Å². The molecule has 1 rings (SSSR count). The predicted molar refractivity (Wildman–Crippen MR) is 81.3 cm³/mol. The molecule has 0 saturated carbocycles. The maximum absolute atomic E-state index is 10.8. The van der Waals surface area contributed by atoms with Crippen molar-refractivity contribution < 1.29 is 15.0 Å². The number of aromatic hydroxyl groups is 1. The summed E-state index contributed by atoms with van der Waals surface area (Å²) in [4.78, 5) is 10.8. The molecule has 6 nitrogen and oxygen atoms in total. The first kappa shape index (κ1) is 18.5. The Balaban J connectivity index is 0.00000361. The number of rotatable bonds is 4. The Bertz CT molecular complexity index is 461. The second-order valence-electron chi connectivity index (χ2n) is 5.41. The third-order valence-corrected chi connectivity index (χ3v) is 2.49. The van der Waals surface area contributed by atoms with Crippen LogP contribution in [0.2, 0.25) is 0 Å². The third kappa shape index (κ3) is 6.10. The zero-order chi connectivity index (χ0) is 14.6. The number of phenolic OH excluding ortho intramolecular Hbond substituents is 1. The molecular formula is C13H22ClN3O3. The number of hydrogen-bond donors (Lipinski definition) is 5. The van der Waals surface area contributed by atoms with Crippen LogP contribution in [0.3, 0.4) is 0 Å². The average molecular weight is 304 g/mol. The van der Waals surface area contributed by atoms with Gasteiger partial charge in [-0.25, -0.2) is 4.79 Å². The van der Waals surface area contributed by atoms with Crippen molar-refractivity contribution in [3.63, 3.8) is 0 Å². The van der Waals surface area contributed by atoms with Crippen LogP contribution in [0.5, 0.6) is 5.75 Å². The molecule has 0 aromatic heterocycles. The topological polar surface area (TPSA) is 108 Å². The summed E-state index contributed by atoms with van der Waals surface area (Å²) in [7, 11) is 0. The Hall–Kier alpha value is -1.50. The van der Waals surface area contributed by atoms with Crippen LogP contribution in [0.1, 0.15) is 32.4 Å². The molecule has 1 aromatic carbocycles. The highest BCUT2D eigenvalue weighted by molar-refractivity contribution is 5.89. The molecule has 1 aromatic rings. The summed E-state index contributed by atoms with van der Waals surface area (Å²) in [6.45, 7) is 6.36. The molecule has 0 aliphatic heterocycles. The smallest absolute Gasteiger partial charge is 0.316 e. The van der Waals surface area contributed by atoms with Crippen molar-refractivity contribution in [2.45, 2.75) is 32.4 Å². The highest BCUT2D eigenvalue weighted by Crippen LogP contribution is 2.27. The SMILES string of the molecule is CC(C)(C)NCC(O)c1ccc(O)c(NC(N)=O)c1.Cl. The number of anilines is 1. The van der Waals surface area contributed by atoms with Crippen molar-refractivity contribution >= 4 is 24.1 Å². The highest BCUT2D eigenvalue weighted by atomic mass is 35.5. The molecule has 0 aliphatic carbocycles. The summed E-state index contributed by atoms with van der Waals surface area (Å²) < 4.78 is 0. The minimum Gasteiger partial charge on any atom is -0.506 e. The number of nitrogens with one attached hydrogen (secondary N) is 2. The Morgan fingerprint density at radius 1 is 1.40 bits per heavy atom. The first-order valence-electron chi connectivity index (χ1n) is 6.01. The third-order valence-electron chi connectivity index (χ3n) is 2.49. The summed E-state index contributed by atoms with van der Waals surface area (Å²) in [6, 6.07) is 3.72. The number of carbonyl (C=O) groups is 1. The molecule has 0 aliphatic rings. The van der Waals surface area contributed by atoms with E-state index in [1.165, 1.54) is 12.1 Å². The van der Waals surface area contributed by atoms with Crippen LogP contribution in [-0.4, -0.2) is 28.3 Å². The molecule has 20 heavy (non-hydrogen) atoms. The fourth-order valence-electron chi connectivity index (χ4n) is 1.51. The fraction of sp³-hybridized carbons (Fsp3) is 0.462. The number of nitrogens with two attached hydrogens (primary N) is 1. The highest BCUT2D eigenvalue weighted by Gasteiger charge is 2.15. The zero-order valence-corrected chi connectivity index (χ0v) is 12.6. The number of benzene rings is 1. The van der Waals surface area contributed by atoms with Gasteiger partial charge >= 0.3 is 6.03 Å². The van der Waals surface area contributed by atoms with E-state index < -0.39 is 12.1 Å². The van der Waals surface area contributed by atoms with Gasteiger partial charge in [-0.05, 0) is 38.5 Å². The number of aliphatic hydroxyl groups is 1. The number of β-amino-alcohol motifs (C(OH)–C–C–N with tert-alkyl or cyclic N) is 1. The van der Waals surface area contributed by atoms with Gasteiger partial charge in [0.1, 0.15) is 5.75 Å². The summed E-state index contributed by atoms with van der Waals surface area (Å²) in [5.74, 6) is -0.0986. The van der Waals surface area contributed by atoms with Crippen LogP contribution in [0.15, 0.2) is 18.2 Å². The minimum atomic E-state index is -0.769. The summed E-state index contributed by atoms with van der Waals surface area (Å²) in [5.41, 5.74) is 5.66.